The van der Waals surface area contributed by atoms with Gasteiger partial charge in [0.2, 0.25) is 65.0 Å². The molecule has 410 valence electrons. The second kappa shape index (κ2) is 30.8. The third kappa shape index (κ3) is 21.4. The summed E-state index contributed by atoms with van der Waals surface area (Å²) in [7, 11) is 0. The number of hydrogen-bond donors (Lipinski definition) is 16. The van der Waals surface area contributed by atoms with Crippen LogP contribution in [0.5, 0.6) is 0 Å². The number of carbonyl (C=O) groups excluding carboxylic acids is 11. The van der Waals surface area contributed by atoms with Crippen LogP contribution in [0, 0.1) is 0 Å². The first-order chi connectivity index (χ1) is 34.7. The number of likely N-dealkylation sites (tertiary alicyclic amines) is 1. The average molecular weight is 1050 g/mol. The fraction of sp³-hybridized carbons (Fsp3) is 0.568. The second-order valence-electron chi connectivity index (χ2n) is 17.4. The molecule has 30 heteroatoms. The Morgan fingerprint density at radius 1 is 0.662 bits per heavy atom. The number of hydrogen-bond acceptors (Lipinski definition) is 16. The maximum Gasteiger partial charge on any atom is 0.328 e. The number of amides is 11. The van der Waals surface area contributed by atoms with E-state index in [1.54, 1.807) is 30.3 Å². The van der Waals surface area contributed by atoms with Crippen LogP contribution in [0.1, 0.15) is 77.2 Å². The van der Waals surface area contributed by atoms with Crippen molar-refractivity contribution < 1.29 is 72.9 Å². The number of aliphatic hydroxyl groups excluding tert-OH is 2. The van der Waals surface area contributed by atoms with Crippen molar-refractivity contribution in [1.29, 1.82) is 0 Å². The molecule has 10 atom stereocenters. The molecule has 11 amide bonds. The van der Waals surface area contributed by atoms with Crippen LogP contribution in [-0.2, 0) is 64.0 Å². The van der Waals surface area contributed by atoms with Crippen molar-refractivity contribution in [3.8, 4) is 0 Å². The molecule has 74 heavy (non-hydrogen) atoms. The van der Waals surface area contributed by atoms with Crippen LogP contribution in [0.4, 0.5) is 0 Å². The normalized spacial score (nSPS) is 16.6. The summed E-state index contributed by atoms with van der Waals surface area (Å²) in [6.07, 6.45) is -3.38. The maximum atomic E-state index is 14.4. The van der Waals surface area contributed by atoms with E-state index in [0.717, 1.165) is 18.7 Å². The molecule has 1 heterocycles. The Hall–Kier alpha value is -7.99. The van der Waals surface area contributed by atoms with Gasteiger partial charge in [-0.2, -0.15) is 0 Å². The number of benzene rings is 1. The molecule has 0 aliphatic carbocycles. The van der Waals surface area contributed by atoms with E-state index in [-0.39, 0.29) is 70.4 Å². The van der Waals surface area contributed by atoms with Crippen LogP contribution < -0.4 is 71.6 Å². The molecule has 0 spiro atoms. The van der Waals surface area contributed by atoms with Gasteiger partial charge in [0.15, 0.2) is 12.0 Å². The average Bonchev–Trinajstić information content (AvgIpc) is 3.83. The van der Waals surface area contributed by atoms with Gasteiger partial charge in [0.25, 0.3) is 0 Å². The lowest BCUT2D eigenvalue weighted by atomic mass is 10.0. The molecule has 22 N–H and O–H groups in total. The number of nitrogens with zero attached hydrogens (tertiary/aromatic N) is 2. The third-order valence-electron chi connectivity index (χ3n) is 11.3. The monoisotopic (exact) mass is 1050 g/mol. The predicted molar refractivity (Wildman–Crippen MR) is 259 cm³/mol. The highest BCUT2D eigenvalue weighted by Crippen LogP contribution is 2.21. The number of carboxylic acid groups (broad SMARTS) is 1. The van der Waals surface area contributed by atoms with E-state index in [9.17, 15) is 72.9 Å². The summed E-state index contributed by atoms with van der Waals surface area (Å²) in [6, 6.07) is -5.55. The lowest BCUT2D eigenvalue weighted by Gasteiger charge is -2.31. The topological polar surface area (TPSA) is 521 Å². The highest BCUT2D eigenvalue weighted by molar-refractivity contribution is 5.99. The summed E-state index contributed by atoms with van der Waals surface area (Å²) >= 11 is 0. The Labute approximate surface area is 424 Å². The van der Waals surface area contributed by atoms with E-state index < -0.39 is 151 Å². The van der Waals surface area contributed by atoms with Crippen molar-refractivity contribution >= 4 is 76.9 Å². The van der Waals surface area contributed by atoms with Gasteiger partial charge in [0.05, 0.1) is 25.2 Å². The zero-order valence-electron chi connectivity index (χ0n) is 41.0. The highest BCUT2D eigenvalue weighted by Gasteiger charge is 2.40. The van der Waals surface area contributed by atoms with Gasteiger partial charge < -0.3 is 91.8 Å². The first kappa shape index (κ1) is 62.1. The lowest BCUT2D eigenvalue weighted by Crippen LogP contribution is -2.61. The molecule has 0 bridgehead atoms. The van der Waals surface area contributed by atoms with Crippen LogP contribution in [0.2, 0.25) is 0 Å². The van der Waals surface area contributed by atoms with Crippen LogP contribution in [0.15, 0.2) is 35.3 Å². The zero-order chi connectivity index (χ0) is 55.8. The van der Waals surface area contributed by atoms with Gasteiger partial charge in [-0.3, -0.25) is 57.7 Å². The van der Waals surface area contributed by atoms with Gasteiger partial charge in [0, 0.05) is 32.4 Å². The molecule has 0 unspecified atom stereocenters. The fourth-order valence-electron chi connectivity index (χ4n) is 7.32. The minimum absolute atomic E-state index is 0.00860. The lowest BCUT2D eigenvalue weighted by molar-refractivity contribution is -0.145. The number of primary amides is 3. The maximum absolute atomic E-state index is 14.4. The van der Waals surface area contributed by atoms with E-state index in [0.29, 0.717) is 5.56 Å². The van der Waals surface area contributed by atoms with Gasteiger partial charge in [-0.05, 0) is 57.9 Å². The molecule has 0 aromatic heterocycles. The van der Waals surface area contributed by atoms with Crippen molar-refractivity contribution in [3.63, 3.8) is 0 Å². The van der Waals surface area contributed by atoms with Crippen molar-refractivity contribution in [1.82, 2.24) is 42.1 Å². The first-order valence-corrected chi connectivity index (χ1v) is 23.4. The second-order valence-corrected chi connectivity index (χ2v) is 17.4. The molecular weight excluding hydrogens is 979 g/mol. The van der Waals surface area contributed by atoms with Crippen LogP contribution >= 0.6 is 0 Å². The zero-order valence-corrected chi connectivity index (χ0v) is 41.0. The highest BCUT2D eigenvalue weighted by atomic mass is 16.4. The van der Waals surface area contributed by atoms with Gasteiger partial charge >= 0.3 is 5.97 Å². The summed E-state index contributed by atoms with van der Waals surface area (Å²) in [6.45, 7) is 1.21. The Morgan fingerprint density at radius 3 is 1.77 bits per heavy atom. The molecule has 0 radical (unpaired) electrons. The number of aliphatic carboxylic acids is 1. The number of carboxylic acids is 1. The smallest absolute Gasteiger partial charge is 0.328 e. The first-order valence-electron chi connectivity index (χ1n) is 23.4. The number of guanidine groups is 1. The Bertz CT molecular complexity index is 2210. The molecular formula is C44H69N15O15. The molecule has 1 aliphatic rings. The molecule has 2 rings (SSSR count). The number of aliphatic imine (C=N–C) groups is 1. The Balaban J connectivity index is 2.32. The quantitative estimate of drug-likeness (QED) is 0.0181. The fourth-order valence-corrected chi connectivity index (χ4v) is 7.32. The Morgan fingerprint density at radius 2 is 1.20 bits per heavy atom. The van der Waals surface area contributed by atoms with Crippen molar-refractivity contribution in [2.75, 3.05) is 19.7 Å². The minimum atomic E-state index is -1.85. The number of nitrogens with one attached hydrogen (secondary N) is 7. The van der Waals surface area contributed by atoms with E-state index in [2.05, 4.69) is 42.2 Å². The summed E-state index contributed by atoms with van der Waals surface area (Å²) in [5.74, 6) is -12.5. The number of carbonyl (C=O) groups is 12. The Kier molecular flexibility index (Phi) is 25.9. The van der Waals surface area contributed by atoms with Gasteiger partial charge in [0.1, 0.15) is 42.3 Å². The van der Waals surface area contributed by atoms with E-state index in [1.165, 1.54) is 0 Å². The van der Waals surface area contributed by atoms with Crippen molar-refractivity contribution in [2.45, 2.75) is 139 Å². The number of nitrogens with two attached hydrogens (primary N) is 6. The van der Waals surface area contributed by atoms with Crippen LogP contribution in [0.25, 0.3) is 0 Å². The molecule has 1 saturated heterocycles. The SMILES string of the molecule is C[C@H](NC(=O)[C@H](CCC(N)=O)NC(=O)[C@@H](N)CCC(N)=O)C(=O)N[C@@H](CC(N)=O)C(=O)N[C@@H](CO)C(=O)N[C@@H](Cc1ccccc1)C(=O)N1CCC[C@H]1C(=O)N[C@@H](CCCN=C(N)N)C(=O)N[C@H](C(=O)O)[C@@H](C)O. The van der Waals surface area contributed by atoms with E-state index in [1.807, 2.05) is 0 Å². The number of aliphatic hydroxyl groups is 2. The van der Waals surface area contributed by atoms with Gasteiger partial charge in [-0.25, -0.2) is 4.79 Å². The third-order valence-corrected chi connectivity index (χ3v) is 11.3. The van der Waals surface area contributed by atoms with Gasteiger partial charge in [-0.15, -0.1) is 0 Å². The van der Waals surface area contributed by atoms with Crippen LogP contribution in [-0.4, -0.2) is 177 Å². The molecule has 1 aromatic carbocycles. The number of rotatable bonds is 32. The van der Waals surface area contributed by atoms with E-state index in [4.69, 9.17) is 34.4 Å². The summed E-state index contributed by atoms with van der Waals surface area (Å²) in [4.78, 5) is 160. The minimum Gasteiger partial charge on any atom is -0.480 e. The summed E-state index contributed by atoms with van der Waals surface area (Å²) < 4.78 is 0. The molecule has 1 aromatic rings. The predicted octanol–water partition coefficient (Wildman–Crippen LogP) is -8.12. The van der Waals surface area contributed by atoms with Gasteiger partial charge in [-0.1, -0.05) is 30.3 Å². The van der Waals surface area contributed by atoms with Crippen LogP contribution in [0.3, 0.4) is 0 Å². The molecule has 1 fully saturated rings. The largest absolute Gasteiger partial charge is 0.480 e. The summed E-state index contributed by atoms with van der Waals surface area (Å²) in [5, 5.41) is 46.1. The van der Waals surface area contributed by atoms with Crippen molar-refractivity contribution in [3.05, 3.63) is 35.9 Å². The molecule has 0 saturated carbocycles. The standard InChI is InChI=1S/C44H69N15O15/c1-21(52-37(67)26(13-15-32(47)63)53-36(66)24(45)12-14-31(46)62)35(65)55-27(19-33(48)64)39(69)57-29(20-60)40(70)56-28(18-23-8-4-3-5-9-23)42(72)59-17-7-11-30(59)41(71)54-25(10-6-16-51-44(49)50)38(68)58-34(22(2)61)43(73)74/h3-5,8-9,21-22,24-30,34,60-61H,6-7,10-20,45H2,1-2H3,(H2,46,62)(H2,47,63)(H2,48,64)(H,52,67)(H,53,66)(H,54,71)(H,55,65)(H,56,70)(H,57,69)(H,58,68)(H,73,74)(H4,49,50,51)/t21-,22+,24-,25-,26-,27-,28-,29-,30-,34-/m0/s1. The summed E-state index contributed by atoms with van der Waals surface area (Å²) in [5.41, 5.74) is 32.8. The molecule has 30 nitrogen and oxygen atoms in total. The molecule has 1 aliphatic heterocycles. The van der Waals surface area contributed by atoms with E-state index >= 15 is 0 Å². The van der Waals surface area contributed by atoms with Crippen molar-refractivity contribution in [2.24, 2.45) is 39.4 Å².